The molecule has 8 nitrogen and oxygen atoms in total. The van der Waals surface area contributed by atoms with E-state index in [4.69, 9.17) is 0 Å². The van der Waals surface area contributed by atoms with Gasteiger partial charge in [-0.15, -0.1) is 0 Å². The maximum atomic E-state index is 13.0. The molecule has 2 aromatic heterocycles. The van der Waals surface area contributed by atoms with E-state index in [2.05, 4.69) is 39.2 Å². The Hall–Kier alpha value is -3.00. The number of rotatable bonds is 5. The summed E-state index contributed by atoms with van der Waals surface area (Å²) in [4.78, 5) is 34.8. The van der Waals surface area contributed by atoms with Crippen LogP contribution in [-0.4, -0.2) is 61.2 Å². The summed E-state index contributed by atoms with van der Waals surface area (Å²) in [6.45, 7) is 12.3. The Kier molecular flexibility index (Phi) is 6.15. The molecule has 3 aromatic rings. The van der Waals surface area contributed by atoms with Crippen LogP contribution in [0.4, 0.5) is 0 Å². The fraction of sp³-hybridized carbons (Fsp3) is 0.500. The van der Waals surface area contributed by atoms with Gasteiger partial charge in [-0.2, -0.15) is 5.10 Å². The molecule has 3 heterocycles. The van der Waals surface area contributed by atoms with Gasteiger partial charge >= 0.3 is 0 Å². The van der Waals surface area contributed by atoms with Gasteiger partial charge in [0.2, 0.25) is 5.91 Å². The zero-order chi connectivity index (χ0) is 22.9. The number of amides is 1. The van der Waals surface area contributed by atoms with Crippen LogP contribution in [0.2, 0.25) is 0 Å². The highest BCUT2D eigenvalue weighted by Crippen LogP contribution is 2.18. The maximum Gasteiger partial charge on any atom is 0.264 e. The summed E-state index contributed by atoms with van der Waals surface area (Å²) in [5.74, 6) is 0.690. The Bertz CT molecular complexity index is 1150. The van der Waals surface area contributed by atoms with E-state index in [1.165, 1.54) is 5.56 Å². The second-order valence-corrected chi connectivity index (χ2v) is 9.47. The Labute approximate surface area is 188 Å². The number of nitrogens with zero attached hydrogens (tertiary/aromatic N) is 6. The van der Waals surface area contributed by atoms with E-state index in [0.29, 0.717) is 29.8 Å². The quantitative estimate of drug-likeness (QED) is 0.614. The molecular weight excluding hydrogens is 404 g/mol. The molecule has 0 bridgehead atoms. The molecule has 0 atom stereocenters. The zero-order valence-electron chi connectivity index (χ0n) is 19.4. The van der Waals surface area contributed by atoms with Gasteiger partial charge in [0, 0.05) is 45.7 Å². The lowest BCUT2D eigenvalue weighted by Crippen LogP contribution is -2.48. The second kappa shape index (κ2) is 8.86. The summed E-state index contributed by atoms with van der Waals surface area (Å²) in [6.07, 6.45) is 1.87. The third kappa shape index (κ3) is 4.60. The van der Waals surface area contributed by atoms with Crippen LogP contribution in [0, 0.1) is 6.92 Å². The zero-order valence-corrected chi connectivity index (χ0v) is 19.4. The lowest BCUT2D eigenvalue weighted by Gasteiger charge is -2.35. The maximum absolute atomic E-state index is 13.0. The number of carbonyl (C=O) groups excluding carboxylic acids is 1. The lowest BCUT2D eigenvalue weighted by molar-refractivity contribution is -0.133. The molecule has 0 unspecified atom stereocenters. The Morgan fingerprint density at radius 2 is 1.75 bits per heavy atom. The second-order valence-electron chi connectivity index (χ2n) is 9.47. The van der Waals surface area contributed by atoms with Crippen molar-refractivity contribution in [3.63, 3.8) is 0 Å². The van der Waals surface area contributed by atoms with Crippen LogP contribution >= 0.6 is 0 Å². The number of hydrogen-bond acceptors (Lipinski definition) is 5. The summed E-state index contributed by atoms with van der Waals surface area (Å²) in [5, 5.41) is 4.87. The molecule has 1 saturated heterocycles. The SMILES string of the molecule is Cc1nc2c(cnn2C(C)(C)C)c(=O)n1CCC(=O)N1CCN(Cc2ccccc2)CC1. The van der Waals surface area contributed by atoms with E-state index in [0.717, 1.165) is 32.7 Å². The van der Waals surface area contributed by atoms with Gasteiger partial charge < -0.3 is 4.90 Å². The standard InChI is InChI=1S/C24H32N6O2/c1-18-26-22-20(16-25-30(22)24(2,3)4)23(32)29(18)11-10-21(31)28-14-12-27(13-15-28)17-19-8-6-5-7-9-19/h5-9,16H,10-15,17H2,1-4H3. The van der Waals surface area contributed by atoms with Gasteiger partial charge in [-0.05, 0) is 33.3 Å². The predicted molar refractivity (Wildman–Crippen MR) is 124 cm³/mol. The number of aryl methyl sites for hydroxylation is 1. The molecule has 8 heteroatoms. The van der Waals surface area contributed by atoms with Crippen LogP contribution < -0.4 is 5.56 Å². The van der Waals surface area contributed by atoms with Crippen molar-refractivity contribution in [2.75, 3.05) is 26.2 Å². The van der Waals surface area contributed by atoms with Crippen molar-refractivity contribution in [3.8, 4) is 0 Å². The molecule has 0 spiro atoms. The van der Waals surface area contributed by atoms with Crippen molar-refractivity contribution in [1.82, 2.24) is 29.1 Å². The highest BCUT2D eigenvalue weighted by Gasteiger charge is 2.23. The first-order valence-corrected chi connectivity index (χ1v) is 11.2. The van der Waals surface area contributed by atoms with Gasteiger partial charge in [0.15, 0.2) is 5.65 Å². The molecule has 170 valence electrons. The monoisotopic (exact) mass is 436 g/mol. The Balaban J connectivity index is 1.38. The van der Waals surface area contributed by atoms with Crippen LogP contribution in [0.3, 0.4) is 0 Å². The highest BCUT2D eigenvalue weighted by molar-refractivity contribution is 5.76. The molecular formula is C24H32N6O2. The van der Waals surface area contributed by atoms with Crippen molar-refractivity contribution in [1.29, 1.82) is 0 Å². The summed E-state index contributed by atoms with van der Waals surface area (Å²) in [5.41, 5.74) is 1.48. The van der Waals surface area contributed by atoms with Crippen LogP contribution in [0.15, 0.2) is 41.3 Å². The van der Waals surface area contributed by atoms with Crippen LogP contribution in [0.5, 0.6) is 0 Å². The average Bonchev–Trinajstić information content (AvgIpc) is 3.19. The number of aromatic nitrogens is 4. The van der Waals surface area contributed by atoms with Crippen LogP contribution in [0.25, 0.3) is 11.0 Å². The van der Waals surface area contributed by atoms with E-state index < -0.39 is 0 Å². The third-order valence-corrected chi connectivity index (χ3v) is 6.04. The molecule has 0 radical (unpaired) electrons. The van der Waals surface area contributed by atoms with E-state index in [-0.39, 0.29) is 17.0 Å². The first-order valence-electron chi connectivity index (χ1n) is 11.2. The average molecular weight is 437 g/mol. The molecule has 1 aliphatic heterocycles. The minimum absolute atomic E-state index is 0.0844. The van der Waals surface area contributed by atoms with Crippen molar-refractivity contribution in [3.05, 3.63) is 58.3 Å². The van der Waals surface area contributed by atoms with Gasteiger partial charge in [-0.1, -0.05) is 30.3 Å². The smallest absolute Gasteiger partial charge is 0.264 e. The summed E-state index contributed by atoms with van der Waals surface area (Å²) in [7, 11) is 0. The van der Waals surface area contributed by atoms with E-state index in [1.54, 1.807) is 15.4 Å². The highest BCUT2D eigenvalue weighted by atomic mass is 16.2. The van der Waals surface area contributed by atoms with E-state index in [9.17, 15) is 9.59 Å². The molecule has 0 aliphatic carbocycles. The van der Waals surface area contributed by atoms with Gasteiger partial charge in [-0.25, -0.2) is 9.67 Å². The molecule has 4 rings (SSSR count). The van der Waals surface area contributed by atoms with Crippen molar-refractivity contribution in [2.45, 2.75) is 52.7 Å². The fourth-order valence-electron chi connectivity index (χ4n) is 4.22. The Morgan fingerprint density at radius 3 is 2.41 bits per heavy atom. The first kappa shape index (κ1) is 22.2. The van der Waals surface area contributed by atoms with E-state index >= 15 is 0 Å². The number of benzene rings is 1. The normalized spacial score (nSPS) is 15.4. The predicted octanol–water partition coefficient (Wildman–Crippen LogP) is 2.39. The molecule has 1 amide bonds. The minimum Gasteiger partial charge on any atom is -0.340 e. The molecule has 0 saturated carbocycles. The van der Waals surface area contributed by atoms with Gasteiger partial charge in [0.1, 0.15) is 11.2 Å². The largest absolute Gasteiger partial charge is 0.340 e. The number of hydrogen-bond donors (Lipinski definition) is 0. The fourth-order valence-corrected chi connectivity index (χ4v) is 4.22. The Morgan fingerprint density at radius 1 is 1.06 bits per heavy atom. The molecule has 0 N–H and O–H groups in total. The van der Waals surface area contributed by atoms with Crippen molar-refractivity contribution in [2.24, 2.45) is 0 Å². The van der Waals surface area contributed by atoms with Crippen molar-refractivity contribution >= 4 is 16.9 Å². The van der Waals surface area contributed by atoms with Gasteiger partial charge in [0.25, 0.3) is 5.56 Å². The molecule has 1 aliphatic rings. The first-order chi connectivity index (χ1) is 15.2. The van der Waals surface area contributed by atoms with Crippen LogP contribution in [-0.2, 0) is 23.4 Å². The minimum atomic E-state index is -0.265. The van der Waals surface area contributed by atoms with E-state index in [1.807, 2.05) is 38.7 Å². The van der Waals surface area contributed by atoms with Crippen molar-refractivity contribution < 1.29 is 4.79 Å². The summed E-state index contributed by atoms with van der Waals surface area (Å²) < 4.78 is 3.38. The third-order valence-electron chi connectivity index (χ3n) is 6.04. The van der Waals surface area contributed by atoms with Gasteiger partial charge in [-0.3, -0.25) is 19.1 Å². The summed E-state index contributed by atoms with van der Waals surface area (Å²) >= 11 is 0. The molecule has 1 fully saturated rings. The number of piperazine rings is 1. The molecule has 32 heavy (non-hydrogen) atoms. The molecule has 1 aromatic carbocycles. The van der Waals surface area contributed by atoms with Gasteiger partial charge in [0.05, 0.1) is 11.7 Å². The lowest BCUT2D eigenvalue weighted by atomic mass is 10.1. The number of carbonyl (C=O) groups is 1. The van der Waals surface area contributed by atoms with Crippen LogP contribution in [0.1, 0.15) is 38.6 Å². The number of fused-ring (bicyclic) bond motifs is 1. The topological polar surface area (TPSA) is 76.3 Å². The summed E-state index contributed by atoms with van der Waals surface area (Å²) in [6, 6.07) is 10.4.